The van der Waals surface area contributed by atoms with Gasteiger partial charge >= 0.3 is 0 Å². The first kappa shape index (κ1) is 10.2. The van der Waals surface area contributed by atoms with Gasteiger partial charge in [0, 0.05) is 14.2 Å². The minimum Gasteiger partial charge on any atom is -0.386 e. The van der Waals surface area contributed by atoms with Gasteiger partial charge in [0.05, 0.1) is 11.5 Å². The van der Waals surface area contributed by atoms with Crippen LogP contribution in [0.15, 0.2) is 10.5 Å². The second-order valence-electron chi connectivity index (χ2n) is 3.72. The fraction of sp³-hybridized carbons (Fsp3) is 0.500. The highest BCUT2D eigenvalue weighted by atomic mass is 79.9. The third-order valence-electron chi connectivity index (χ3n) is 2.68. The van der Waals surface area contributed by atoms with E-state index in [0.29, 0.717) is 0 Å². The summed E-state index contributed by atoms with van der Waals surface area (Å²) < 4.78 is 1.02. The Kier molecular flexibility index (Phi) is 2.42. The maximum Gasteiger partial charge on any atom is 0.107 e. The number of hydrogen-bond acceptors (Lipinski definition) is 3. The molecule has 1 heterocycles. The van der Waals surface area contributed by atoms with Gasteiger partial charge in [0.2, 0.25) is 0 Å². The van der Waals surface area contributed by atoms with E-state index < -0.39 is 11.5 Å². The van der Waals surface area contributed by atoms with Crippen LogP contribution >= 0.6 is 27.3 Å². The van der Waals surface area contributed by atoms with Gasteiger partial charge in [0.15, 0.2) is 0 Å². The summed E-state index contributed by atoms with van der Waals surface area (Å²) in [4.78, 5) is 2.04. The van der Waals surface area contributed by atoms with Crippen LogP contribution in [-0.4, -0.2) is 5.11 Å². The van der Waals surface area contributed by atoms with Gasteiger partial charge in [-0.1, -0.05) is 0 Å². The summed E-state index contributed by atoms with van der Waals surface area (Å²) in [5, 5.41) is 19.0. The molecule has 0 aromatic carbocycles. The number of rotatable bonds is 2. The summed E-state index contributed by atoms with van der Waals surface area (Å²) in [5.41, 5.74) is -0.489. The maximum absolute atomic E-state index is 10.0. The van der Waals surface area contributed by atoms with Crippen molar-refractivity contribution in [1.82, 2.24) is 0 Å². The number of aliphatic hydroxyl groups is 1. The zero-order chi connectivity index (χ0) is 10.3. The third kappa shape index (κ3) is 1.50. The molecule has 2 rings (SSSR count). The number of aliphatic hydroxyl groups excluding tert-OH is 1. The fourth-order valence-corrected chi connectivity index (χ4v) is 3.13. The predicted octanol–water partition coefficient (Wildman–Crippen LogP) is 3.16. The first-order valence-electron chi connectivity index (χ1n) is 4.44. The van der Waals surface area contributed by atoms with Gasteiger partial charge < -0.3 is 5.11 Å². The van der Waals surface area contributed by atoms with E-state index in [2.05, 4.69) is 22.0 Å². The minimum atomic E-state index is -0.609. The molecule has 14 heavy (non-hydrogen) atoms. The second kappa shape index (κ2) is 3.34. The van der Waals surface area contributed by atoms with E-state index in [1.54, 1.807) is 11.3 Å². The van der Waals surface area contributed by atoms with Crippen LogP contribution in [0.1, 0.15) is 28.7 Å². The molecule has 2 nitrogen and oxygen atoms in total. The molecular formula is C10H10BrNOS. The van der Waals surface area contributed by atoms with Crippen LogP contribution in [0.25, 0.3) is 0 Å². The largest absolute Gasteiger partial charge is 0.386 e. The minimum absolute atomic E-state index is 0.489. The molecule has 0 amide bonds. The molecule has 1 aromatic rings. The lowest BCUT2D eigenvalue weighted by molar-refractivity contribution is 0.126. The van der Waals surface area contributed by atoms with Crippen molar-refractivity contribution in [3.05, 3.63) is 20.3 Å². The molecule has 1 saturated carbocycles. The van der Waals surface area contributed by atoms with Crippen molar-refractivity contribution in [2.24, 2.45) is 5.41 Å². The fourth-order valence-electron chi connectivity index (χ4n) is 1.47. The lowest BCUT2D eigenvalue weighted by Crippen LogP contribution is -2.09. The molecule has 0 spiro atoms. The van der Waals surface area contributed by atoms with Crippen LogP contribution in [-0.2, 0) is 0 Å². The van der Waals surface area contributed by atoms with E-state index in [0.717, 1.165) is 27.1 Å². The lowest BCUT2D eigenvalue weighted by atomic mass is 10.0. The first-order valence-corrected chi connectivity index (χ1v) is 6.05. The molecule has 1 aromatic heterocycles. The Morgan fingerprint density at radius 1 is 1.71 bits per heavy atom. The molecule has 74 valence electrons. The van der Waals surface area contributed by atoms with E-state index in [1.807, 2.05) is 13.0 Å². The van der Waals surface area contributed by atoms with Crippen LogP contribution in [0.2, 0.25) is 0 Å². The highest BCUT2D eigenvalue weighted by molar-refractivity contribution is 9.10. The predicted molar refractivity (Wildman–Crippen MR) is 59.0 cm³/mol. The number of thiophene rings is 1. The molecule has 0 saturated heterocycles. The first-order chi connectivity index (χ1) is 6.59. The molecule has 1 aliphatic rings. The Morgan fingerprint density at radius 3 is 2.71 bits per heavy atom. The van der Waals surface area contributed by atoms with Crippen molar-refractivity contribution in [2.75, 3.05) is 0 Å². The molecular weight excluding hydrogens is 262 g/mol. The Morgan fingerprint density at radius 2 is 2.36 bits per heavy atom. The van der Waals surface area contributed by atoms with Crippen LogP contribution in [0.5, 0.6) is 0 Å². The molecule has 1 atom stereocenters. The molecule has 1 fully saturated rings. The third-order valence-corrected chi connectivity index (χ3v) is 4.87. The monoisotopic (exact) mass is 271 g/mol. The van der Waals surface area contributed by atoms with Gasteiger partial charge in [0.1, 0.15) is 6.10 Å². The zero-order valence-electron chi connectivity index (χ0n) is 7.75. The van der Waals surface area contributed by atoms with Crippen molar-refractivity contribution in [1.29, 1.82) is 5.26 Å². The van der Waals surface area contributed by atoms with Crippen LogP contribution in [0.3, 0.4) is 0 Å². The van der Waals surface area contributed by atoms with Gasteiger partial charge in [-0.25, -0.2) is 0 Å². The average molecular weight is 272 g/mol. The highest BCUT2D eigenvalue weighted by Crippen LogP contribution is 2.55. The molecule has 1 aliphatic carbocycles. The van der Waals surface area contributed by atoms with Gasteiger partial charge in [-0.3, -0.25) is 0 Å². The van der Waals surface area contributed by atoms with Crippen molar-refractivity contribution in [3.63, 3.8) is 0 Å². The molecule has 1 unspecified atom stereocenters. The van der Waals surface area contributed by atoms with Crippen molar-refractivity contribution >= 4 is 27.3 Å². The molecule has 0 aliphatic heterocycles. The quantitative estimate of drug-likeness (QED) is 0.898. The summed E-state index contributed by atoms with van der Waals surface area (Å²) in [6.45, 7) is 2.00. The number of nitriles is 1. The summed E-state index contributed by atoms with van der Waals surface area (Å²) in [5.74, 6) is 0. The molecule has 0 bridgehead atoms. The number of aryl methyl sites for hydroxylation is 1. The second-order valence-corrected chi connectivity index (χ2v) is 5.87. The van der Waals surface area contributed by atoms with E-state index in [9.17, 15) is 5.11 Å². The van der Waals surface area contributed by atoms with Crippen molar-refractivity contribution in [2.45, 2.75) is 25.9 Å². The Hall–Kier alpha value is -0.370. The van der Waals surface area contributed by atoms with Gasteiger partial charge in [-0.2, -0.15) is 5.26 Å². The standard InChI is InChI=1S/C10H10BrNOS/c1-6-7(11)4-8(14-6)9(13)10(5-12)2-3-10/h4,9,13H,2-3H2,1H3. The lowest BCUT2D eigenvalue weighted by Gasteiger charge is -2.12. The van der Waals surface area contributed by atoms with E-state index in [1.165, 1.54) is 0 Å². The highest BCUT2D eigenvalue weighted by Gasteiger charge is 2.50. The number of halogens is 1. The Balaban J connectivity index is 2.28. The van der Waals surface area contributed by atoms with Gasteiger partial charge in [-0.05, 0) is 41.8 Å². The van der Waals surface area contributed by atoms with E-state index in [4.69, 9.17) is 5.26 Å². The molecule has 0 radical (unpaired) electrons. The zero-order valence-corrected chi connectivity index (χ0v) is 10.2. The van der Waals surface area contributed by atoms with Crippen molar-refractivity contribution < 1.29 is 5.11 Å². The summed E-state index contributed by atoms with van der Waals surface area (Å²) in [6, 6.07) is 4.14. The summed E-state index contributed by atoms with van der Waals surface area (Å²) in [6.07, 6.45) is 1.03. The molecule has 4 heteroatoms. The van der Waals surface area contributed by atoms with Crippen LogP contribution < -0.4 is 0 Å². The smallest absolute Gasteiger partial charge is 0.107 e. The number of nitrogens with zero attached hydrogens (tertiary/aromatic N) is 1. The number of hydrogen-bond donors (Lipinski definition) is 1. The summed E-state index contributed by atoms with van der Waals surface area (Å²) >= 11 is 4.97. The van der Waals surface area contributed by atoms with Gasteiger partial charge in [0.25, 0.3) is 0 Å². The van der Waals surface area contributed by atoms with Crippen molar-refractivity contribution in [3.8, 4) is 6.07 Å². The Bertz CT molecular complexity index is 383. The molecule has 1 N–H and O–H groups in total. The SMILES string of the molecule is Cc1sc(C(O)C2(C#N)CC2)cc1Br. The van der Waals surface area contributed by atoms with E-state index in [-0.39, 0.29) is 0 Å². The normalized spacial score (nSPS) is 20.1. The topological polar surface area (TPSA) is 44.0 Å². The Labute approximate surface area is 95.3 Å². The van der Waals surface area contributed by atoms with Crippen LogP contribution in [0.4, 0.5) is 0 Å². The maximum atomic E-state index is 10.0. The van der Waals surface area contributed by atoms with E-state index >= 15 is 0 Å². The summed E-state index contributed by atoms with van der Waals surface area (Å²) in [7, 11) is 0. The van der Waals surface area contributed by atoms with Crippen LogP contribution in [0, 0.1) is 23.7 Å². The average Bonchev–Trinajstić information content (AvgIpc) is 2.90. The van der Waals surface area contributed by atoms with Gasteiger partial charge in [-0.15, -0.1) is 11.3 Å².